The van der Waals surface area contributed by atoms with Crippen molar-refractivity contribution in [3.05, 3.63) is 0 Å². The third kappa shape index (κ3) is 2.07. The molecule has 3 N–H and O–H groups in total. The molecule has 1 unspecified atom stereocenters. The largest absolute Gasteiger partial charge is 0.407 e. The van der Waals surface area contributed by atoms with E-state index >= 15 is 0 Å². The standard InChI is InChI=1S/CH6O5P2/c1-7(2,3)8(4,5)6/h1H3,(H,2,3)(H2,4,5,6). The van der Waals surface area contributed by atoms with Crippen molar-refractivity contribution in [3.63, 3.8) is 0 Å². The quantitative estimate of drug-likeness (QED) is 0.468. The summed E-state index contributed by atoms with van der Waals surface area (Å²) in [7, 11) is -8.92. The van der Waals surface area contributed by atoms with Gasteiger partial charge in [0.2, 0.25) is 0 Å². The monoisotopic (exact) mass is 160 g/mol. The van der Waals surface area contributed by atoms with Crippen LogP contribution >= 0.6 is 14.3 Å². The summed E-state index contributed by atoms with van der Waals surface area (Å²) in [5, 5.41) is 0. The second kappa shape index (κ2) is 1.94. The van der Waals surface area contributed by atoms with Crippen LogP contribution in [-0.2, 0) is 9.13 Å². The molecule has 0 saturated carbocycles. The van der Waals surface area contributed by atoms with Gasteiger partial charge in [-0.3, -0.25) is 4.57 Å². The minimum atomic E-state index is -4.74. The van der Waals surface area contributed by atoms with E-state index in [9.17, 15) is 9.13 Å². The second-order valence-corrected chi connectivity index (χ2v) is 7.84. The first kappa shape index (κ1) is 8.34. The van der Waals surface area contributed by atoms with Crippen molar-refractivity contribution in [2.45, 2.75) is 0 Å². The van der Waals surface area contributed by atoms with Crippen molar-refractivity contribution in [3.8, 4) is 0 Å². The van der Waals surface area contributed by atoms with E-state index in [1.54, 1.807) is 0 Å². The van der Waals surface area contributed by atoms with Crippen LogP contribution in [0.5, 0.6) is 0 Å². The highest BCUT2D eigenvalue weighted by molar-refractivity contribution is 8.28. The van der Waals surface area contributed by atoms with E-state index in [0.29, 0.717) is 6.66 Å². The molecule has 5 nitrogen and oxygen atoms in total. The summed E-state index contributed by atoms with van der Waals surface area (Å²) in [5.41, 5.74) is 0. The van der Waals surface area contributed by atoms with Crippen molar-refractivity contribution in [1.82, 2.24) is 0 Å². The fraction of sp³-hybridized carbons (Fsp3) is 1.00. The summed E-state index contributed by atoms with van der Waals surface area (Å²) < 4.78 is 19.9. The molecule has 50 valence electrons. The molecule has 0 aliphatic carbocycles. The fourth-order valence-electron chi connectivity index (χ4n) is 0. The average molecular weight is 160 g/mol. The molecule has 0 radical (unpaired) electrons. The first-order chi connectivity index (χ1) is 3.25. The van der Waals surface area contributed by atoms with Gasteiger partial charge >= 0.3 is 14.3 Å². The molecule has 0 saturated heterocycles. The molecule has 0 heterocycles. The lowest BCUT2D eigenvalue weighted by molar-refractivity contribution is 0.378. The first-order valence-electron chi connectivity index (χ1n) is 1.61. The summed E-state index contributed by atoms with van der Waals surface area (Å²) >= 11 is 0. The molecular formula is CH6O5P2. The Kier molecular flexibility index (Phi) is 2.02. The summed E-state index contributed by atoms with van der Waals surface area (Å²) in [6.07, 6.45) is 0. The Hall–Kier alpha value is 0.340. The molecule has 0 bridgehead atoms. The fourth-order valence-corrected chi connectivity index (χ4v) is 0. The predicted octanol–water partition coefficient (Wildman–Crippen LogP) is -0.0207. The van der Waals surface area contributed by atoms with E-state index in [2.05, 4.69) is 0 Å². The average Bonchev–Trinajstić information content (AvgIpc) is 1.25. The topological polar surface area (TPSA) is 94.8 Å². The van der Waals surface area contributed by atoms with Crippen LogP contribution in [0.1, 0.15) is 0 Å². The van der Waals surface area contributed by atoms with Crippen LogP contribution in [-0.4, -0.2) is 21.3 Å². The zero-order valence-corrected chi connectivity index (χ0v) is 5.84. The Morgan fingerprint density at radius 3 is 1.25 bits per heavy atom. The van der Waals surface area contributed by atoms with Crippen molar-refractivity contribution in [2.75, 3.05) is 6.66 Å². The molecular weight excluding hydrogens is 154 g/mol. The molecule has 0 aliphatic heterocycles. The van der Waals surface area contributed by atoms with E-state index in [-0.39, 0.29) is 0 Å². The van der Waals surface area contributed by atoms with E-state index in [1.165, 1.54) is 0 Å². The van der Waals surface area contributed by atoms with E-state index < -0.39 is 14.3 Å². The van der Waals surface area contributed by atoms with Crippen LogP contribution < -0.4 is 0 Å². The van der Waals surface area contributed by atoms with E-state index in [4.69, 9.17) is 14.7 Å². The molecule has 0 spiro atoms. The predicted molar refractivity (Wildman–Crippen MR) is 27.8 cm³/mol. The molecule has 0 fully saturated rings. The second-order valence-electron chi connectivity index (χ2n) is 1.35. The Bertz CT molecular complexity index is 139. The Morgan fingerprint density at radius 2 is 1.25 bits per heavy atom. The third-order valence-corrected chi connectivity index (χ3v) is 4.35. The molecule has 0 rings (SSSR count). The van der Waals surface area contributed by atoms with Gasteiger partial charge in [0.1, 0.15) is 0 Å². The lowest BCUT2D eigenvalue weighted by atomic mass is 12.0. The van der Waals surface area contributed by atoms with Gasteiger partial charge in [-0.1, -0.05) is 0 Å². The van der Waals surface area contributed by atoms with E-state index in [1.807, 2.05) is 0 Å². The van der Waals surface area contributed by atoms with Gasteiger partial charge < -0.3 is 14.7 Å². The van der Waals surface area contributed by atoms with Gasteiger partial charge in [0.25, 0.3) is 0 Å². The Labute approximate surface area is 45.9 Å². The lowest BCUT2D eigenvalue weighted by Gasteiger charge is -2.04. The highest BCUT2D eigenvalue weighted by Gasteiger charge is 2.33. The maximum Gasteiger partial charge on any atom is 0.407 e. The molecule has 1 atom stereocenters. The van der Waals surface area contributed by atoms with Crippen molar-refractivity contribution in [1.29, 1.82) is 0 Å². The maximum atomic E-state index is 10.0. The summed E-state index contributed by atoms with van der Waals surface area (Å²) in [6, 6.07) is 0. The van der Waals surface area contributed by atoms with Gasteiger partial charge in [0.05, 0.1) is 0 Å². The minimum absolute atomic E-state index is 0.619. The highest BCUT2D eigenvalue weighted by atomic mass is 32.1. The molecule has 0 aromatic heterocycles. The van der Waals surface area contributed by atoms with Crippen molar-refractivity contribution in [2.24, 2.45) is 0 Å². The summed E-state index contributed by atoms with van der Waals surface area (Å²) in [5.74, 6) is 0. The van der Waals surface area contributed by atoms with E-state index in [0.717, 1.165) is 0 Å². The van der Waals surface area contributed by atoms with Gasteiger partial charge in [-0.15, -0.1) is 0 Å². The van der Waals surface area contributed by atoms with Crippen LogP contribution in [0.3, 0.4) is 0 Å². The smallest absolute Gasteiger partial charge is 0.336 e. The van der Waals surface area contributed by atoms with Crippen LogP contribution in [0.4, 0.5) is 0 Å². The first-order valence-corrected chi connectivity index (χ1v) is 6.04. The molecule has 0 aromatic carbocycles. The van der Waals surface area contributed by atoms with Gasteiger partial charge in [0, 0.05) is 6.66 Å². The minimum Gasteiger partial charge on any atom is -0.336 e. The maximum absolute atomic E-state index is 10.0. The SMILES string of the molecule is CP(=O)(O)P(=O)(O)O. The van der Waals surface area contributed by atoms with Gasteiger partial charge in [0.15, 0.2) is 0 Å². The molecule has 0 amide bonds. The zero-order chi connectivity index (χ0) is 7.00. The number of hydrogen-bond acceptors (Lipinski definition) is 2. The van der Waals surface area contributed by atoms with Crippen molar-refractivity contribution < 1.29 is 23.8 Å². The van der Waals surface area contributed by atoms with Crippen LogP contribution in [0.25, 0.3) is 0 Å². The lowest BCUT2D eigenvalue weighted by Crippen LogP contribution is -1.77. The molecule has 7 heteroatoms. The van der Waals surface area contributed by atoms with Gasteiger partial charge in [-0.05, 0) is 0 Å². The number of hydrogen-bond donors (Lipinski definition) is 3. The van der Waals surface area contributed by atoms with Crippen molar-refractivity contribution >= 4 is 14.3 Å². The van der Waals surface area contributed by atoms with Gasteiger partial charge in [-0.2, -0.15) is 0 Å². The summed E-state index contributed by atoms with van der Waals surface area (Å²) in [6.45, 7) is 0.619. The zero-order valence-electron chi connectivity index (χ0n) is 4.05. The third-order valence-electron chi connectivity index (χ3n) is 0.483. The molecule has 0 aliphatic rings. The normalized spacial score (nSPS) is 20.0. The van der Waals surface area contributed by atoms with Crippen LogP contribution in [0.2, 0.25) is 0 Å². The van der Waals surface area contributed by atoms with Crippen LogP contribution in [0.15, 0.2) is 0 Å². The highest BCUT2D eigenvalue weighted by Crippen LogP contribution is 2.71. The summed E-state index contributed by atoms with van der Waals surface area (Å²) in [4.78, 5) is 24.1. The van der Waals surface area contributed by atoms with Crippen LogP contribution in [0, 0.1) is 0 Å². The van der Waals surface area contributed by atoms with Gasteiger partial charge in [-0.25, -0.2) is 4.57 Å². The Morgan fingerprint density at radius 1 is 1.12 bits per heavy atom. The number of rotatable bonds is 1. The molecule has 8 heavy (non-hydrogen) atoms. The Balaban J connectivity index is 4.53. The molecule has 0 aromatic rings.